The Morgan fingerprint density at radius 3 is 2.48 bits per heavy atom. The summed E-state index contributed by atoms with van der Waals surface area (Å²) in [6.07, 6.45) is 4.64. The third-order valence-electron chi connectivity index (χ3n) is 8.92. The van der Waals surface area contributed by atoms with E-state index in [1.807, 2.05) is 37.3 Å². The van der Waals surface area contributed by atoms with Crippen LogP contribution < -0.4 is 9.64 Å². The maximum Gasteiger partial charge on any atom is 0.312 e. The maximum absolute atomic E-state index is 14.8. The van der Waals surface area contributed by atoms with E-state index >= 15 is 0 Å². The Balaban J connectivity index is 1.63. The quantitative estimate of drug-likeness (QED) is 0.233. The molecule has 2 aromatic carbocycles. The van der Waals surface area contributed by atoms with Gasteiger partial charge >= 0.3 is 5.97 Å². The van der Waals surface area contributed by atoms with Crippen molar-refractivity contribution in [3.8, 4) is 5.75 Å². The number of aliphatic hydroxyl groups is 1. The number of ether oxygens (including phenoxy) is 3. The van der Waals surface area contributed by atoms with Crippen LogP contribution in [0.1, 0.15) is 37.8 Å². The van der Waals surface area contributed by atoms with Gasteiger partial charge in [-0.2, -0.15) is 0 Å². The van der Waals surface area contributed by atoms with Crippen molar-refractivity contribution >= 4 is 23.5 Å². The van der Waals surface area contributed by atoms with Crippen LogP contribution in [0.15, 0.2) is 79.9 Å². The first-order valence-corrected chi connectivity index (χ1v) is 14.3. The minimum Gasteiger partial charge on any atom is -0.497 e. The predicted molar refractivity (Wildman–Crippen MR) is 157 cm³/mol. The number of rotatable bonds is 12. The van der Waals surface area contributed by atoms with Gasteiger partial charge in [-0.1, -0.05) is 42.5 Å². The van der Waals surface area contributed by atoms with Crippen LogP contribution in [-0.4, -0.2) is 71.9 Å². The van der Waals surface area contributed by atoms with Crippen molar-refractivity contribution < 1.29 is 33.7 Å². The maximum atomic E-state index is 14.8. The molecule has 3 saturated heterocycles. The van der Waals surface area contributed by atoms with Crippen molar-refractivity contribution in [1.29, 1.82) is 0 Å². The molecule has 2 aromatic rings. The van der Waals surface area contributed by atoms with Gasteiger partial charge < -0.3 is 29.1 Å². The number of aliphatic hydroxyl groups excluding tert-OH is 1. The van der Waals surface area contributed by atoms with E-state index in [4.69, 9.17) is 14.2 Å². The highest BCUT2D eigenvalue weighted by atomic mass is 16.6. The molecule has 3 fully saturated rings. The molecule has 9 nitrogen and oxygen atoms in total. The third kappa shape index (κ3) is 4.70. The molecule has 2 unspecified atom stereocenters. The monoisotopic (exact) mass is 574 g/mol. The van der Waals surface area contributed by atoms with Gasteiger partial charge in [0, 0.05) is 12.2 Å². The lowest BCUT2D eigenvalue weighted by molar-refractivity contribution is -0.160. The number of amides is 2. The Kier molecular flexibility index (Phi) is 8.25. The first-order valence-electron chi connectivity index (χ1n) is 14.3. The van der Waals surface area contributed by atoms with Gasteiger partial charge in [-0.25, -0.2) is 0 Å². The van der Waals surface area contributed by atoms with Crippen molar-refractivity contribution in [2.75, 3.05) is 31.8 Å². The van der Waals surface area contributed by atoms with Gasteiger partial charge in [-0.05, 0) is 56.0 Å². The van der Waals surface area contributed by atoms with E-state index in [0.717, 1.165) is 0 Å². The number of methoxy groups -OCH3 is 1. The average molecular weight is 575 g/mol. The van der Waals surface area contributed by atoms with Crippen LogP contribution in [0.3, 0.4) is 0 Å². The van der Waals surface area contributed by atoms with Crippen molar-refractivity contribution in [1.82, 2.24) is 4.90 Å². The summed E-state index contributed by atoms with van der Waals surface area (Å²) in [5.74, 6) is -2.51. The summed E-state index contributed by atoms with van der Waals surface area (Å²) in [7, 11) is 1.56. The number of esters is 1. The summed E-state index contributed by atoms with van der Waals surface area (Å²) >= 11 is 0. The second-order valence-corrected chi connectivity index (χ2v) is 11.3. The van der Waals surface area contributed by atoms with Crippen molar-refractivity contribution in [3.63, 3.8) is 0 Å². The Bertz CT molecular complexity index is 1350. The summed E-state index contributed by atoms with van der Waals surface area (Å²) < 4.78 is 17.6. The van der Waals surface area contributed by atoms with Crippen LogP contribution in [-0.2, 0) is 23.9 Å². The zero-order valence-corrected chi connectivity index (χ0v) is 24.1. The van der Waals surface area contributed by atoms with Crippen molar-refractivity contribution in [2.24, 2.45) is 11.8 Å². The van der Waals surface area contributed by atoms with Crippen LogP contribution in [0.25, 0.3) is 0 Å². The lowest BCUT2D eigenvalue weighted by atomic mass is 9.66. The molecule has 2 amide bonds. The number of nitrogens with zero attached hydrogens (tertiary/aromatic N) is 2. The summed E-state index contributed by atoms with van der Waals surface area (Å²) in [5, 5.41) is 10.7. The summed E-state index contributed by atoms with van der Waals surface area (Å²) in [6, 6.07) is 14.2. The molecule has 3 aliphatic rings. The highest BCUT2D eigenvalue weighted by Gasteiger charge is 2.79. The molecule has 1 N–H and O–H groups in total. The zero-order valence-electron chi connectivity index (χ0n) is 24.1. The summed E-state index contributed by atoms with van der Waals surface area (Å²) in [5.41, 5.74) is -0.986. The van der Waals surface area contributed by atoms with Gasteiger partial charge in [0.25, 0.3) is 5.91 Å². The number of carbonyl (C=O) groups is 3. The molecule has 42 heavy (non-hydrogen) atoms. The number of fused-ring (bicyclic) bond motifs is 1. The van der Waals surface area contributed by atoms with Crippen LogP contribution in [0.4, 0.5) is 5.69 Å². The number of hydrogen-bond donors (Lipinski definition) is 1. The molecule has 0 radical (unpaired) electrons. The van der Waals surface area contributed by atoms with Gasteiger partial charge in [0.15, 0.2) is 0 Å². The van der Waals surface area contributed by atoms with E-state index in [2.05, 4.69) is 13.2 Å². The Labute approximate surface area is 246 Å². The summed E-state index contributed by atoms with van der Waals surface area (Å²) in [4.78, 5) is 45.9. The fraction of sp³-hybridized carbons (Fsp3) is 0.424. The number of likely N-dealkylation sites (tertiary alicyclic amines) is 1. The molecule has 2 bridgehead atoms. The molecule has 0 aromatic heterocycles. The molecule has 0 saturated carbocycles. The lowest BCUT2D eigenvalue weighted by Crippen LogP contribution is -2.57. The van der Waals surface area contributed by atoms with Crippen LogP contribution in [0, 0.1) is 11.8 Å². The summed E-state index contributed by atoms with van der Waals surface area (Å²) in [6.45, 7) is 9.25. The highest BCUT2D eigenvalue weighted by Crippen LogP contribution is 2.64. The van der Waals surface area contributed by atoms with Crippen LogP contribution >= 0.6 is 0 Å². The molecular weight excluding hydrogens is 536 g/mol. The Morgan fingerprint density at radius 1 is 1.14 bits per heavy atom. The SMILES string of the molecule is C=CCCOC(=O)[C@@H]1[C@H]2C(=O)N([C@H](CO)c3ccccc3)C(C(=O)N(CC=C)c3ccc(OC)cc3)C23CC[C@@]1(C)O3. The smallest absolute Gasteiger partial charge is 0.312 e. The highest BCUT2D eigenvalue weighted by molar-refractivity contribution is 6.05. The Hall–Kier alpha value is -3.95. The van der Waals surface area contributed by atoms with Gasteiger partial charge in [0.1, 0.15) is 23.3 Å². The van der Waals surface area contributed by atoms with E-state index in [0.29, 0.717) is 36.3 Å². The number of anilines is 1. The molecule has 1 spiro atoms. The van der Waals surface area contributed by atoms with E-state index in [-0.39, 0.29) is 19.1 Å². The third-order valence-corrected chi connectivity index (χ3v) is 8.92. The molecule has 6 atom stereocenters. The van der Waals surface area contributed by atoms with Crippen molar-refractivity contribution in [3.05, 3.63) is 85.5 Å². The molecule has 3 heterocycles. The zero-order chi connectivity index (χ0) is 30.1. The van der Waals surface area contributed by atoms with Crippen LogP contribution in [0.5, 0.6) is 5.75 Å². The standard InChI is InChI=1S/C33H38N2O7/c1-5-7-20-41-31(39)27-26-29(37)35(25(21-36)22-11-9-8-10-12-22)28(33(26)18-17-32(27,3)42-33)30(38)34(19-6-2)23-13-15-24(40-4)16-14-23/h5-6,8-16,25-28,36H,1-2,7,17-21H2,3-4H3/t25-,26+,27+,28?,32-,33?/m1/s1. The van der Waals surface area contributed by atoms with Gasteiger partial charge in [-0.15, -0.1) is 13.2 Å². The first kappa shape index (κ1) is 29.5. The van der Waals surface area contributed by atoms with Gasteiger partial charge in [0.05, 0.1) is 37.9 Å². The average Bonchev–Trinajstić information content (AvgIpc) is 3.57. The Morgan fingerprint density at radius 2 is 1.86 bits per heavy atom. The molecule has 0 aliphatic carbocycles. The van der Waals surface area contributed by atoms with E-state index in [1.54, 1.807) is 48.4 Å². The van der Waals surface area contributed by atoms with Crippen molar-refractivity contribution in [2.45, 2.75) is 49.5 Å². The minimum absolute atomic E-state index is 0.142. The van der Waals surface area contributed by atoms with E-state index < -0.39 is 53.6 Å². The lowest BCUT2D eigenvalue weighted by Gasteiger charge is -2.39. The molecule has 3 aliphatic heterocycles. The van der Waals surface area contributed by atoms with E-state index in [1.165, 1.54) is 4.90 Å². The van der Waals surface area contributed by atoms with Gasteiger partial charge in [-0.3, -0.25) is 14.4 Å². The fourth-order valence-corrected chi connectivity index (χ4v) is 7.06. The van der Waals surface area contributed by atoms with Gasteiger partial charge in [0.2, 0.25) is 5.91 Å². The van der Waals surface area contributed by atoms with E-state index in [9.17, 15) is 19.5 Å². The normalized spacial score (nSPS) is 28.2. The minimum atomic E-state index is -1.28. The van der Waals surface area contributed by atoms with Crippen LogP contribution in [0.2, 0.25) is 0 Å². The molecule has 5 rings (SSSR count). The second kappa shape index (κ2) is 11.7. The molecule has 9 heteroatoms. The first-order chi connectivity index (χ1) is 20.3. The largest absolute Gasteiger partial charge is 0.497 e. The number of carbonyl (C=O) groups excluding carboxylic acids is 3. The molecule has 222 valence electrons. The fourth-order valence-electron chi connectivity index (χ4n) is 7.06. The number of benzene rings is 2. The predicted octanol–water partition coefficient (Wildman–Crippen LogP) is 3.83. The molecular formula is C33H38N2O7. The number of hydrogen-bond acceptors (Lipinski definition) is 7. The topological polar surface area (TPSA) is 106 Å². The second-order valence-electron chi connectivity index (χ2n) is 11.3.